The van der Waals surface area contributed by atoms with Crippen LogP contribution in [0.25, 0.3) is 0 Å². The quantitative estimate of drug-likeness (QED) is 0.0515. The van der Waals surface area contributed by atoms with Crippen molar-refractivity contribution in [2.24, 2.45) is 0 Å². The van der Waals surface area contributed by atoms with Gasteiger partial charge in [-0.25, -0.2) is 0 Å². The van der Waals surface area contributed by atoms with Crippen molar-refractivity contribution in [3.8, 4) is 0 Å². The minimum Gasteiger partial charge on any atom is -0.469 e. The maximum Gasteiger partial charge on any atom is 0.306 e. The van der Waals surface area contributed by atoms with E-state index in [1.54, 1.807) is 0 Å². The van der Waals surface area contributed by atoms with E-state index in [1.807, 2.05) is 14.1 Å². The van der Waals surface area contributed by atoms with E-state index in [0.717, 1.165) is 70.8 Å². The summed E-state index contributed by atoms with van der Waals surface area (Å²) in [5.41, 5.74) is 0. The van der Waals surface area contributed by atoms with Gasteiger partial charge >= 0.3 is 11.9 Å². The molecule has 0 saturated heterocycles. The maximum atomic E-state index is 12.4. The van der Waals surface area contributed by atoms with Gasteiger partial charge in [0, 0.05) is 12.8 Å². The zero-order valence-electron chi connectivity index (χ0n) is 26.9. The number of nitrogens with zero attached hydrogens (tertiary/aromatic N) is 1. The Labute approximate surface area is 248 Å². The van der Waals surface area contributed by atoms with Crippen LogP contribution in [0.2, 0.25) is 0 Å². The average Bonchev–Trinajstić information content (AvgIpc) is 2.93. The van der Waals surface area contributed by atoms with Gasteiger partial charge in [-0.15, -0.1) is 0 Å². The summed E-state index contributed by atoms with van der Waals surface area (Å²) in [6.45, 7) is 3.17. The molecule has 234 valence electrons. The van der Waals surface area contributed by atoms with Crippen LogP contribution < -0.4 is 0 Å². The summed E-state index contributed by atoms with van der Waals surface area (Å²) in [5.74, 6) is -0.160. The van der Waals surface area contributed by atoms with Crippen molar-refractivity contribution < 1.29 is 19.1 Å². The van der Waals surface area contributed by atoms with Crippen molar-refractivity contribution in [1.29, 1.82) is 0 Å². The number of esters is 2. The summed E-state index contributed by atoms with van der Waals surface area (Å²) in [5, 5.41) is 0. The van der Waals surface area contributed by atoms with Crippen LogP contribution in [0.1, 0.15) is 155 Å². The number of carbonyl (C=O) groups excluding carboxylic acids is 2. The second kappa shape index (κ2) is 30.3. The molecule has 0 amide bonds. The fourth-order valence-corrected chi connectivity index (χ4v) is 4.86. The summed E-state index contributed by atoms with van der Waals surface area (Å²) in [6.07, 6.45) is 34.8. The Morgan fingerprint density at radius 3 is 1.68 bits per heavy atom. The molecular formula is C35H65NO4. The predicted octanol–water partition coefficient (Wildman–Crippen LogP) is 9.74. The Morgan fingerprint density at radius 1 is 0.625 bits per heavy atom. The van der Waals surface area contributed by atoms with Crippen LogP contribution in [0.5, 0.6) is 0 Å². The first-order valence-electron chi connectivity index (χ1n) is 16.7. The van der Waals surface area contributed by atoms with E-state index >= 15 is 0 Å². The van der Waals surface area contributed by atoms with Crippen molar-refractivity contribution in [3.63, 3.8) is 0 Å². The number of carbonyl (C=O) groups is 2. The van der Waals surface area contributed by atoms with Crippen LogP contribution in [0.3, 0.4) is 0 Å². The van der Waals surface area contributed by atoms with Crippen molar-refractivity contribution in [1.82, 2.24) is 4.90 Å². The Balaban J connectivity index is 3.97. The molecule has 5 heteroatoms. The lowest BCUT2D eigenvalue weighted by Crippen LogP contribution is -2.20. The van der Waals surface area contributed by atoms with E-state index < -0.39 is 0 Å². The van der Waals surface area contributed by atoms with Gasteiger partial charge in [0.1, 0.15) is 6.10 Å². The molecule has 0 saturated carbocycles. The highest BCUT2D eigenvalue weighted by molar-refractivity contribution is 5.69. The molecule has 0 spiro atoms. The fourth-order valence-electron chi connectivity index (χ4n) is 4.86. The predicted molar refractivity (Wildman–Crippen MR) is 171 cm³/mol. The number of ether oxygens (including phenoxy) is 2. The van der Waals surface area contributed by atoms with Crippen LogP contribution >= 0.6 is 0 Å². The van der Waals surface area contributed by atoms with Crippen LogP contribution in [0, 0.1) is 0 Å². The third-order valence-corrected chi connectivity index (χ3v) is 7.40. The second-order valence-corrected chi connectivity index (χ2v) is 11.6. The van der Waals surface area contributed by atoms with Gasteiger partial charge in [-0.3, -0.25) is 9.59 Å². The molecule has 0 aromatic rings. The summed E-state index contributed by atoms with van der Waals surface area (Å²) in [4.78, 5) is 25.7. The number of hydrogen-bond acceptors (Lipinski definition) is 5. The molecular weight excluding hydrogens is 498 g/mol. The van der Waals surface area contributed by atoms with Gasteiger partial charge in [0.25, 0.3) is 0 Å². The second-order valence-electron chi connectivity index (χ2n) is 11.6. The molecule has 0 rings (SSSR count). The zero-order valence-corrected chi connectivity index (χ0v) is 26.9. The van der Waals surface area contributed by atoms with Gasteiger partial charge in [0.15, 0.2) is 0 Å². The summed E-state index contributed by atoms with van der Waals surface area (Å²) in [7, 11) is 5.51. The van der Waals surface area contributed by atoms with E-state index in [4.69, 9.17) is 9.47 Å². The molecule has 0 heterocycles. The molecule has 0 bridgehead atoms. The highest BCUT2D eigenvalue weighted by atomic mass is 16.5. The number of hydrogen-bond donors (Lipinski definition) is 0. The first-order valence-corrected chi connectivity index (χ1v) is 16.7. The van der Waals surface area contributed by atoms with Gasteiger partial charge in [-0.1, -0.05) is 95.4 Å². The Morgan fingerprint density at radius 2 is 1.12 bits per heavy atom. The van der Waals surface area contributed by atoms with Crippen molar-refractivity contribution >= 4 is 11.9 Å². The molecule has 0 aromatic heterocycles. The number of unbranched alkanes of at least 4 members (excludes halogenated alkanes) is 14. The molecule has 0 aliphatic rings. The Bertz CT molecular complexity index is 629. The van der Waals surface area contributed by atoms with E-state index in [-0.39, 0.29) is 18.0 Å². The normalized spacial score (nSPS) is 12.5. The van der Waals surface area contributed by atoms with Crippen LogP contribution in [-0.4, -0.2) is 50.7 Å². The van der Waals surface area contributed by atoms with Gasteiger partial charge in [0.05, 0.1) is 7.11 Å². The van der Waals surface area contributed by atoms with E-state index in [0.29, 0.717) is 12.8 Å². The highest BCUT2D eigenvalue weighted by Crippen LogP contribution is 2.18. The van der Waals surface area contributed by atoms with E-state index in [9.17, 15) is 9.59 Å². The zero-order chi connectivity index (χ0) is 29.5. The molecule has 0 aliphatic heterocycles. The Kier molecular flexibility index (Phi) is 29.1. The lowest BCUT2D eigenvalue weighted by molar-refractivity contribution is -0.150. The third kappa shape index (κ3) is 29.4. The van der Waals surface area contributed by atoms with Crippen molar-refractivity contribution in [2.45, 2.75) is 161 Å². The molecule has 0 aliphatic carbocycles. The average molecular weight is 564 g/mol. The minimum atomic E-state index is -0.120. The van der Waals surface area contributed by atoms with Gasteiger partial charge < -0.3 is 14.4 Å². The monoisotopic (exact) mass is 563 g/mol. The molecule has 0 aromatic carbocycles. The van der Waals surface area contributed by atoms with E-state index in [1.165, 1.54) is 77.7 Å². The SMILES string of the molecule is CCCCCC=CCC=CCCCCCCCCCC(CCCCCCCC(=O)OC)OC(=O)CCCN(C)C. The van der Waals surface area contributed by atoms with Crippen LogP contribution in [0.15, 0.2) is 24.3 Å². The van der Waals surface area contributed by atoms with Gasteiger partial charge in [0.2, 0.25) is 0 Å². The first kappa shape index (κ1) is 38.4. The molecule has 5 nitrogen and oxygen atoms in total. The van der Waals surface area contributed by atoms with Crippen LogP contribution in [0.4, 0.5) is 0 Å². The summed E-state index contributed by atoms with van der Waals surface area (Å²) < 4.78 is 10.6. The van der Waals surface area contributed by atoms with Crippen molar-refractivity contribution in [3.05, 3.63) is 24.3 Å². The summed E-state index contributed by atoms with van der Waals surface area (Å²) >= 11 is 0. The molecule has 1 unspecified atom stereocenters. The maximum absolute atomic E-state index is 12.4. The fraction of sp³-hybridized carbons (Fsp3) is 0.829. The van der Waals surface area contributed by atoms with Gasteiger partial charge in [-0.2, -0.15) is 0 Å². The lowest BCUT2D eigenvalue weighted by atomic mass is 10.0. The van der Waals surface area contributed by atoms with Gasteiger partial charge in [-0.05, 0) is 91.3 Å². The smallest absolute Gasteiger partial charge is 0.306 e. The lowest BCUT2D eigenvalue weighted by Gasteiger charge is -2.18. The van der Waals surface area contributed by atoms with Crippen molar-refractivity contribution in [2.75, 3.05) is 27.7 Å². The van der Waals surface area contributed by atoms with Crippen LogP contribution in [-0.2, 0) is 19.1 Å². The standard InChI is InChI=1S/C35H65NO4/c1-5-6-7-8-9-10-11-12-13-14-15-16-17-18-19-21-24-28-33(40-35(38)31-27-32-36(2)3)29-25-22-20-23-26-30-34(37)39-4/h9-10,12-13,33H,5-8,11,14-32H2,1-4H3. The molecule has 40 heavy (non-hydrogen) atoms. The Hall–Kier alpha value is -1.62. The molecule has 0 N–H and O–H groups in total. The number of rotatable bonds is 29. The highest BCUT2D eigenvalue weighted by Gasteiger charge is 2.14. The number of methoxy groups -OCH3 is 1. The largest absolute Gasteiger partial charge is 0.469 e. The van der Waals surface area contributed by atoms with E-state index in [2.05, 4.69) is 36.1 Å². The third-order valence-electron chi connectivity index (χ3n) is 7.40. The molecule has 1 atom stereocenters. The topological polar surface area (TPSA) is 55.8 Å². The molecule has 0 fully saturated rings. The molecule has 0 radical (unpaired) electrons. The number of allylic oxidation sites excluding steroid dienone is 4. The minimum absolute atomic E-state index is 0.0398. The summed E-state index contributed by atoms with van der Waals surface area (Å²) in [6, 6.07) is 0. The first-order chi connectivity index (χ1) is 19.5.